The molecular formula is C19H19N5O2. The van der Waals surface area contributed by atoms with Crippen LogP contribution in [0.2, 0.25) is 0 Å². The third-order valence-electron chi connectivity index (χ3n) is 4.61. The summed E-state index contributed by atoms with van der Waals surface area (Å²) in [6, 6.07) is 10.1. The number of carbonyl (C=O) groups is 1. The highest BCUT2D eigenvalue weighted by Gasteiger charge is 2.28. The van der Waals surface area contributed by atoms with Gasteiger partial charge in [0.2, 0.25) is 0 Å². The van der Waals surface area contributed by atoms with Crippen molar-refractivity contribution in [1.29, 1.82) is 0 Å². The topological polar surface area (TPSA) is 84.1 Å². The Hall–Kier alpha value is -3.06. The predicted molar refractivity (Wildman–Crippen MR) is 94.2 cm³/mol. The molecule has 1 N–H and O–H groups in total. The summed E-state index contributed by atoms with van der Waals surface area (Å²) in [5, 5.41) is 14.3. The number of fused-ring (bicyclic) bond motifs is 1. The molecule has 0 aliphatic carbocycles. The molecule has 0 spiro atoms. The second-order valence-corrected chi connectivity index (χ2v) is 6.24. The van der Waals surface area contributed by atoms with E-state index in [9.17, 15) is 9.90 Å². The molecule has 0 saturated carbocycles. The van der Waals surface area contributed by atoms with Crippen LogP contribution in [0.25, 0.3) is 0 Å². The highest BCUT2D eigenvalue weighted by atomic mass is 16.3. The Morgan fingerprint density at radius 2 is 2.04 bits per heavy atom. The van der Waals surface area contributed by atoms with Crippen LogP contribution in [0.3, 0.4) is 0 Å². The van der Waals surface area contributed by atoms with Crippen molar-refractivity contribution in [2.24, 2.45) is 0 Å². The average Bonchev–Trinajstić information content (AvgIpc) is 3.05. The normalized spacial score (nSPS) is 13.5. The molecule has 4 rings (SSSR count). The number of aliphatic hydroxyl groups excluding tert-OH is 1. The lowest BCUT2D eigenvalue weighted by atomic mass is 10.0. The second kappa shape index (κ2) is 7.05. The first-order chi connectivity index (χ1) is 12.8. The average molecular weight is 349 g/mol. The molecule has 3 heterocycles. The zero-order valence-corrected chi connectivity index (χ0v) is 14.2. The van der Waals surface area contributed by atoms with Gasteiger partial charge in [-0.2, -0.15) is 5.10 Å². The Labute approximate surface area is 150 Å². The number of carbonyl (C=O) groups excluding carboxylic acids is 1. The van der Waals surface area contributed by atoms with E-state index in [0.29, 0.717) is 37.4 Å². The number of hydrogen-bond acceptors (Lipinski definition) is 5. The summed E-state index contributed by atoms with van der Waals surface area (Å²) in [6.07, 6.45) is 5.23. The van der Waals surface area contributed by atoms with E-state index in [0.717, 1.165) is 16.8 Å². The minimum atomic E-state index is -0.150. The lowest BCUT2D eigenvalue weighted by molar-refractivity contribution is 0.0725. The number of amides is 1. The van der Waals surface area contributed by atoms with Crippen LogP contribution < -0.4 is 0 Å². The third kappa shape index (κ3) is 3.09. The van der Waals surface area contributed by atoms with E-state index in [4.69, 9.17) is 0 Å². The molecule has 1 aliphatic heterocycles. The molecular weight excluding hydrogens is 330 g/mol. The van der Waals surface area contributed by atoms with Crippen LogP contribution in [0, 0.1) is 0 Å². The third-order valence-corrected chi connectivity index (χ3v) is 4.61. The highest BCUT2D eigenvalue weighted by molar-refractivity contribution is 5.92. The van der Waals surface area contributed by atoms with Crippen molar-refractivity contribution in [3.05, 3.63) is 77.1 Å². The van der Waals surface area contributed by atoms with Crippen molar-refractivity contribution in [3.63, 3.8) is 0 Å². The summed E-state index contributed by atoms with van der Waals surface area (Å²) >= 11 is 0. The number of rotatable bonds is 4. The number of aliphatic hydroxyl groups is 1. The van der Waals surface area contributed by atoms with Crippen LogP contribution in [-0.4, -0.2) is 42.2 Å². The Morgan fingerprint density at radius 1 is 1.19 bits per heavy atom. The van der Waals surface area contributed by atoms with Crippen LogP contribution in [-0.2, 0) is 26.1 Å². The first kappa shape index (κ1) is 16.4. The van der Waals surface area contributed by atoms with E-state index >= 15 is 0 Å². The number of aromatic nitrogens is 4. The summed E-state index contributed by atoms with van der Waals surface area (Å²) in [5.74, 6) is -0.150. The molecule has 3 aromatic rings. The van der Waals surface area contributed by atoms with Crippen molar-refractivity contribution in [1.82, 2.24) is 24.6 Å². The molecule has 132 valence electrons. The fourth-order valence-corrected chi connectivity index (χ4v) is 3.32. The fraction of sp³-hybridized carbons (Fsp3) is 0.263. The van der Waals surface area contributed by atoms with Crippen molar-refractivity contribution in [3.8, 4) is 0 Å². The van der Waals surface area contributed by atoms with Gasteiger partial charge in [-0.15, -0.1) is 0 Å². The highest BCUT2D eigenvalue weighted by Crippen LogP contribution is 2.24. The zero-order chi connectivity index (χ0) is 17.9. The SMILES string of the molecule is O=C(c1cnccn1)N1CCc2c(c(CO)nn2Cc2ccccc2)C1. The molecule has 0 radical (unpaired) electrons. The molecule has 0 bridgehead atoms. The van der Waals surface area contributed by atoms with E-state index in [-0.39, 0.29) is 12.5 Å². The van der Waals surface area contributed by atoms with Gasteiger partial charge >= 0.3 is 0 Å². The van der Waals surface area contributed by atoms with Gasteiger partial charge in [-0.25, -0.2) is 4.98 Å². The predicted octanol–water partition coefficient (Wildman–Crippen LogP) is 1.41. The molecule has 26 heavy (non-hydrogen) atoms. The van der Waals surface area contributed by atoms with Gasteiger partial charge in [0.1, 0.15) is 5.69 Å². The Bertz CT molecular complexity index is 908. The van der Waals surface area contributed by atoms with E-state index < -0.39 is 0 Å². The lowest BCUT2D eigenvalue weighted by Gasteiger charge is -2.27. The van der Waals surface area contributed by atoms with Crippen molar-refractivity contribution < 1.29 is 9.90 Å². The Morgan fingerprint density at radius 3 is 2.77 bits per heavy atom. The maximum absolute atomic E-state index is 12.6. The summed E-state index contributed by atoms with van der Waals surface area (Å²) in [7, 11) is 0. The van der Waals surface area contributed by atoms with E-state index in [1.165, 1.54) is 12.4 Å². The maximum Gasteiger partial charge on any atom is 0.274 e. The second-order valence-electron chi connectivity index (χ2n) is 6.24. The summed E-state index contributed by atoms with van der Waals surface area (Å²) in [4.78, 5) is 22.4. The van der Waals surface area contributed by atoms with Gasteiger partial charge in [0.15, 0.2) is 0 Å². The number of nitrogens with zero attached hydrogens (tertiary/aromatic N) is 5. The van der Waals surface area contributed by atoms with Crippen LogP contribution in [0.5, 0.6) is 0 Å². The van der Waals surface area contributed by atoms with Gasteiger partial charge in [-0.05, 0) is 5.56 Å². The van der Waals surface area contributed by atoms with Crippen LogP contribution in [0.1, 0.15) is 33.0 Å². The first-order valence-corrected chi connectivity index (χ1v) is 8.53. The molecule has 7 heteroatoms. The van der Waals surface area contributed by atoms with Crippen LogP contribution in [0.15, 0.2) is 48.9 Å². The minimum Gasteiger partial charge on any atom is -0.390 e. The molecule has 0 fully saturated rings. The van der Waals surface area contributed by atoms with Gasteiger partial charge in [0.05, 0.1) is 25.0 Å². The molecule has 0 saturated heterocycles. The molecule has 1 aromatic carbocycles. The zero-order valence-electron chi connectivity index (χ0n) is 14.2. The number of hydrogen-bond donors (Lipinski definition) is 1. The molecule has 1 amide bonds. The van der Waals surface area contributed by atoms with Crippen molar-refractivity contribution in [2.45, 2.75) is 26.1 Å². The van der Waals surface area contributed by atoms with Gasteiger partial charge in [0, 0.05) is 43.2 Å². The maximum atomic E-state index is 12.6. The quantitative estimate of drug-likeness (QED) is 0.770. The Kier molecular flexibility index (Phi) is 4.45. The number of benzene rings is 1. The van der Waals surface area contributed by atoms with Gasteiger partial charge < -0.3 is 10.0 Å². The smallest absolute Gasteiger partial charge is 0.274 e. The minimum absolute atomic E-state index is 0.142. The van der Waals surface area contributed by atoms with Gasteiger partial charge in [-0.1, -0.05) is 30.3 Å². The first-order valence-electron chi connectivity index (χ1n) is 8.53. The molecule has 1 aliphatic rings. The van der Waals surface area contributed by atoms with Gasteiger partial charge in [0.25, 0.3) is 5.91 Å². The molecule has 2 aromatic heterocycles. The van der Waals surface area contributed by atoms with Crippen LogP contribution >= 0.6 is 0 Å². The fourth-order valence-electron chi connectivity index (χ4n) is 3.32. The molecule has 0 atom stereocenters. The monoisotopic (exact) mass is 349 g/mol. The molecule has 0 unspecified atom stereocenters. The lowest BCUT2D eigenvalue weighted by Crippen LogP contribution is -2.37. The summed E-state index contributed by atoms with van der Waals surface area (Å²) < 4.78 is 1.94. The largest absolute Gasteiger partial charge is 0.390 e. The van der Waals surface area contributed by atoms with Crippen molar-refractivity contribution in [2.75, 3.05) is 6.54 Å². The van der Waals surface area contributed by atoms with E-state index in [1.807, 2.05) is 22.9 Å². The van der Waals surface area contributed by atoms with Gasteiger partial charge in [-0.3, -0.25) is 14.5 Å². The summed E-state index contributed by atoms with van der Waals surface area (Å²) in [5.41, 5.74) is 4.14. The van der Waals surface area contributed by atoms with Crippen molar-refractivity contribution >= 4 is 5.91 Å². The summed E-state index contributed by atoms with van der Waals surface area (Å²) in [6.45, 7) is 1.53. The van der Waals surface area contributed by atoms with E-state index in [1.54, 1.807) is 11.1 Å². The molecule has 7 nitrogen and oxygen atoms in total. The Balaban J connectivity index is 1.60. The van der Waals surface area contributed by atoms with E-state index in [2.05, 4.69) is 27.2 Å². The van der Waals surface area contributed by atoms with Crippen LogP contribution in [0.4, 0.5) is 0 Å². The standard InChI is InChI=1S/C19H19N5O2/c25-13-17-15-12-23(19(26)16-10-20-7-8-21-16)9-6-18(15)24(22-17)11-14-4-2-1-3-5-14/h1-5,7-8,10,25H,6,9,11-13H2.